The Balaban J connectivity index is 3.79. The molecule has 212 valence electrons. The zero-order valence-corrected chi connectivity index (χ0v) is 25.6. The molecular formula is C32H67NO2. The second-order valence-corrected chi connectivity index (χ2v) is 12.6. The van der Waals surface area contributed by atoms with Gasteiger partial charge in [-0.15, -0.1) is 0 Å². The summed E-state index contributed by atoms with van der Waals surface area (Å²) in [6.07, 6.45) is 18.9. The first-order valence-electron chi connectivity index (χ1n) is 15.5. The summed E-state index contributed by atoms with van der Waals surface area (Å²) in [5.41, 5.74) is 0. The largest absolute Gasteiger partial charge is 0.381 e. The second-order valence-electron chi connectivity index (χ2n) is 12.6. The highest BCUT2D eigenvalue weighted by molar-refractivity contribution is 4.63. The van der Waals surface area contributed by atoms with E-state index in [1.54, 1.807) is 0 Å². The number of hydrogen-bond acceptors (Lipinski definition) is 3. The Morgan fingerprint density at radius 1 is 0.543 bits per heavy atom. The fraction of sp³-hybridized carbons (Fsp3) is 1.00. The third-order valence-corrected chi connectivity index (χ3v) is 7.49. The highest BCUT2D eigenvalue weighted by Gasteiger charge is 2.12. The van der Waals surface area contributed by atoms with Gasteiger partial charge < -0.3 is 14.4 Å². The van der Waals surface area contributed by atoms with Gasteiger partial charge in [-0.1, -0.05) is 119 Å². The molecule has 0 aromatic heterocycles. The number of rotatable bonds is 26. The Morgan fingerprint density at radius 2 is 1.03 bits per heavy atom. The molecule has 0 amide bonds. The van der Waals surface area contributed by atoms with Gasteiger partial charge in [0.1, 0.15) is 0 Å². The van der Waals surface area contributed by atoms with Crippen molar-refractivity contribution in [1.29, 1.82) is 0 Å². The lowest BCUT2D eigenvalue weighted by atomic mass is 9.91. The highest BCUT2D eigenvalue weighted by Crippen LogP contribution is 2.22. The van der Waals surface area contributed by atoms with Crippen molar-refractivity contribution in [2.75, 3.05) is 47.1 Å². The van der Waals surface area contributed by atoms with Crippen molar-refractivity contribution in [3.8, 4) is 0 Å². The van der Waals surface area contributed by atoms with Gasteiger partial charge in [0.15, 0.2) is 0 Å². The van der Waals surface area contributed by atoms with Crippen molar-refractivity contribution >= 4 is 0 Å². The van der Waals surface area contributed by atoms with E-state index in [-0.39, 0.29) is 0 Å². The van der Waals surface area contributed by atoms with E-state index in [2.05, 4.69) is 60.5 Å². The molecule has 4 atom stereocenters. The first-order valence-corrected chi connectivity index (χ1v) is 15.5. The molecule has 3 nitrogen and oxygen atoms in total. The van der Waals surface area contributed by atoms with Crippen molar-refractivity contribution in [3.05, 3.63) is 0 Å². The summed E-state index contributed by atoms with van der Waals surface area (Å²) < 4.78 is 12.1. The van der Waals surface area contributed by atoms with Crippen LogP contribution in [0.2, 0.25) is 0 Å². The predicted molar refractivity (Wildman–Crippen MR) is 156 cm³/mol. The van der Waals surface area contributed by atoms with Gasteiger partial charge in [-0.05, 0) is 50.6 Å². The van der Waals surface area contributed by atoms with Gasteiger partial charge in [-0.2, -0.15) is 0 Å². The van der Waals surface area contributed by atoms with Crippen LogP contribution < -0.4 is 0 Å². The van der Waals surface area contributed by atoms with Gasteiger partial charge in [-0.3, -0.25) is 0 Å². The summed E-state index contributed by atoms with van der Waals surface area (Å²) in [6.45, 7) is 18.8. The molecule has 0 aliphatic rings. The maximum Gasteiger partial charge on any atom is 0.0528 e. The Hall–Kier alpha value is -0.120. The van der Waals surface area contributed by atoms with Crippen LogP contribution in [0.25, 0.3) is 0 Å². The van der Waals surface area contributed by atoms with Crippen molar-refractivity contribution < 1.29 is 9.47 Å². The van der Waals surface area contributed by atoms with Gasteiger partial charge in [0.25, 0.3) is 0 Å². The average molecular weight is 498 g/mol. The third-order valence-electron chi connectivity index (χ3n) is 7.49. The van der Waals surface area contributed by atoms with E-state index >= 15 is 0 Å². The molecular weight excluding hydrogens is 430 g/mol. The summed E-state index contributed by atoms with van der Waals surface area (Å²) in [4.78, 5) is 2.26. The maximum atomic E-state index is 6.10. The standard InChI is InChI=1S/C32H67NO2/c1-9-10-11-12-23-34-26-32(25-33(7)8)27-35-24-22-31(6)21-15-20-30(5)19-14-18-29(4)17-13-16-28(2)3/h28-32H,9-27H2,1-8H3. The van der Waals surface area contributed by atoms with Crippen LogP contribution in [0, 0.1) is 29.6 Å². The van der Waals surface area contributed by atoms with Gasteiger partial charge >= 0.3 is 0 Å². The zero-order valence-electron chi connectivity index (χ0n) is 25.6. The molecule has 0 spiro atoms. The second kappa shape index (κ2) is 24.2. The van der Waals surface area contributed by atoms with Crippen LogP contribution >= 0.6 is 0 Å². The molecule has 35 heavy (non-hydrogen) atoms. The summed E-state index contributed by atoms with van der Waals surface area (Å²) in [5.74, 6) is 3.90. The molecule has 0 saturated heterocycles. The molecule has 0 rings (SSSR count). The molecule has 0 heterocycles. The van der Waals surface area contributed by atoms with E-state index in [1.165, 1.54) is 89.9 Å². The zero-order chi connectivity index (χ0) is 26.3. The first kappa shape index (κ1) is 34.9. The minimum atomic E-state index is 0.477. The Kier molecular flexibility index (Phi) is 24.1. The smallest absolute Gasteiger partial charge is 0.0528 e. The van der Waals surface area contributed by atoms with Crippen LogP contribution in [0.3, 0.4) is 0 Å². The number of ether oxygens (including phenoxy) is 2. The van der Waals surface area contributed by atoms with Crippen LogP contribution in [-0.4, -0.2) is 52.0 Å². The number of nitrogens with zero attached hydrogens (tertiary/aromatic N) is 1. The Morgan fingerprint density at radius 3 is 1.51 bits per heavy atom. The summed E-state index contributed by atoms with van der Waals surface area (Å²) in [5, 5.41) is 0. The lowest BCUT2D eigenvalue weighted by Gasteiger charge is -2.21. The minimum absolute atomic E-state index is 0.477. The van der Waals surface area contributed by atoms with Crippen LogP contribution in [0.5, 0.6) is 0 Å². The molecule has 0 aliphatic carbocycles. The Bertz CT molecular complexity index is 426. The van der Waals surface area contributed by atoms with Gasteiger partial charge in [0.05, 0.1) is 13.2 Å². The lowest BCUT2D eigenvalue weighted by Crippen LogP contribution is -2.29. The monoisotopic (exact) mass is 498 g/mol. The molecule has 0 bridgehead atoms. The lowest BCUT2D eigenvalue weighted by molar-refractivity contribution is 0.0251. The molecule has 0 aromatic carbocycles. The van der Waals surface area contributed by atoms with Crippen LogP contribution in [0.1, 0.15) is 131 Å². The van der Waals surface area contributed by atoms with E-state index < -0.39 is 0 Å². The molecule has 0 aliphatic heterocycles. The minimum Gasteiger partial charge on any atom is -0.381 e. The quantitative estimate of drug-likeness (QED) is 0.111. The van der Waals surface area contributed by atoms with E-state index in [4.69, 9.17) is 9.47 Å². The van der Waals surface area contributed by atoms with E-state index in [0.29, 0.717) is 5.92 Å². The van der Waals surface area contributed by atoms with Gasteiger partial charge in [0, 0.05) is 25.7 Å². The van der Waals surface area contributed by atoms with Crippen LogP contribution in [-0.2, 0) is 9.47 Å². The van der Waals surface area contributed by atoms with Crippen molar-refractivity contribution in [3.63, 3.8) is 0 Å². The van der Waals surface area contributed by atoms with E-state index in [0.717, 1.165) is 56.6 Å². The molecule has 0 fully saturated rings. The summed E-state index contributed by atoms with van der Waals surface area (Å²) in [7, 11) is 4.29. The fourth-order valence-electron chi connectivity index (χ4n) is 5.02. The molecule has 0 aromatic rings. The van der Waals surface area contributed by atoms with Crippen molar-refractivity contribution in [2.45, 2.75) is 131 Å². The van der Waals surface area contributed by atoms with Crippen LogP contribution in [0.4, 0.5) is 0 Å². The third kappa shape index (κ3) is 25.3. The number of hydrogen-bond donors (Lipinski definition) is 0. The van der Waals surface area contributed by atoms with E-state index in [1.807, 2.05) is 0 Å². The number of unbranched alkanes of at least 4 members (excludes halogenated alkanes) is 3. The van der Waals surface area contributed by atoms with Crippen LogP contribution in [0.15, 0.2) is 0 Å². The van der Waals surface area contributed by atoms with Crippen molar-refractivity contribution in [2.24, 2.45) is 29.6 Å². The molecule has 0 saturated carbocycles. The van der Waals surface area contributed by atoms with Gasteiger partial charge in [0.2, 0.25) is 0 Å². The Labute approximate surface area is 222 Å². The SMILES string of the molecule is CCCCCCOCC(COCCC(C)CCCC(C)CCCC(C)CCCC(C)C)CN(C)C. The first-order chi connectivity index (χ1) is 16.7. The molecule has 3 heteroatoms. The highest BCUT2D eigenvalue weighted by atomic mass is 16.5. The fourth-order valence-corrected chi connectivity index (χ4v) is 5.02. The maximum absolute atomic E-state index is 6.10. The predicted octanol–water partition coefficient (Wildman–Crippen LogP) is 9.24. The molecule has 0 N–H and O–H groups in total. The normalized spacial score (nSPS) is 15.6. The van der Waals surface area contributed by atoms with Gasteiger partial charge in [-0.25, -0.2) is 0 Å². The topological polar surface area (TPSA) is 21.7 Å². The van der Waals surface area contributed by atoms with Crippen molar-refractivity contribution in [1.82, 2.24) is 4.90 Å². The average Bonchev–Trinajstić information content (AvgIpc) is 2.78. The summed E-state index contributed by atoms with van der Waals surface area (Å²) in [6, 6.07) is 0. The summed E-state index contributed by atoms with van der Waals surface area (Å²) >= 11 is 0. The van der Waals surface area contributed by atoms with E-state index in [9.17, 15) is 0 Å². The molecule has 4 unspecified atom stereocenters. The molecule has 0 radical (unpaired) electrons.